The fraction of sp³-hybridized carbons (Fsp3) is 0.278. The normalized spacial score (nSPS) is 17.8. The maximum Gasteiger partial charge on any atom is 0.264 e. The molecule has 6 nitrogen and oxygen atoms in total. The molecule has 0 saturated carbocycles. The van der Waals surface area contributed by atoms with Crippen LogP contribution in [-0.4, -0.2) is 31.8 Å². The van der Waals surface area contributed by atoms with E-state index in [1.165, 1.54) is 6.07 Å². The van der Waals surface area contributed by atoms with Crippen molar-refractivity contribution in [1.82, 2.24) is 4.90 Å². The molecule has 0 bridgehead atoms. The summed E-state index contributed by atoms with van der Waals surface area (Å²) in [6, 6.07) is 9.15. The average molecular weight is 395 g/mol. The Kier molecular flexibility index (Phi) is 5.43. The number of halogens is 2. The van der Waals surface area contributed by atoms with Gasteiger partial charge in [-0.05, 0) is 49.2 Å². The van der Waals surface area contributed by atoms with Crippen molar-refractivity contribution in [3.8, 4) is 0 Å². The minimum absolute atomic E-state index is 0.214. The van der Waals surface area contributed by atoms with Crippen molar-refractivity contribution in [3.05, 3.63) is 59.7 Å². The predicted molar refractivity (Wildman–Crippen MR) is 96.2 cm³/mol. The minimum atomic E-state index is -4.29. The molecule has 0 spiro atoms. The minimum Gasteiger partial charge on any atom is -0.368 e. The molecule has 1 atom stereocenters. The number of anilines is 1. The Bertz CT molecular complexity index is 966. The van der Waals surface area contributed by atoms with Gasteiger partial charge in [0.2, 0.25) is 5.91 Å². The van der Waals surface area contributed by atoms with Gasteiger partial charge in [0.15, 0.2) is 11.6 Å². The molecule has 1 heterocycles. The van der Waals surface area contributed by atoms with Crippen LogP contribution < -0.4 is 10.5 Å². The van der Waals surface area contributed by atoms with E-state index in [0.29, 0.717) is 13.0 Å². The van der Waals surface area contributed by atoms with Crippen LogP contribution in [0.4, 0.5) is 14.5 Å². The molecule has 3 N–H and O–H groups in total. The van der Waals surface area contributed by atoms with Gasteiger partial charge < -0.3 is 5.73 Å². The summed E-state index contributed by atoms with van der Waals surface area (Å²) in [4.78, 5) is 12.7. The van der Waals surface area contributed by atoms with Gasteiger partial charge in [-0.15, -0.1) is 0 Å². The lowest BCUT2D eigenvalue weighted by molar-refractivity contribution is -0.122. The summed E-state index contributed by atoms with van der Waals surface area (Å²) in [5, 5.41) is 0. The highest BCUT2D eigenvalue weighted by Gasteiger charge is 2.29. The third-order valence-electron chi connectivity index (χ3n) is 4.46. The number of nitrogens with two attached hydrogens (primary N) is 1. The van der Waals surface area contributed by atoms with E-state index in [4.69, 9.17) is 5.73 Å². The molecule has 1 saturated heterocycles. The number of amides is 1. The van der Waals surface area contributed by atoms with Crippen LogP contribution in [0.15, 0.2) is 47.4 Å². The van der Waals surface area contributed by atoms with Gasteiger partial charge in [-0.2, -0.15) is 0 Å². The van der Waals surface area contributed by atoms with Crippen LogP contribution in [0.1, 0.15) is 18.4 Å². The fourth-order valence-electron chi connectivity index (χ4n) is 3.21. The summed E-state index contributed by atoms with van der Waals surface area (Å²) in [6.45, 7) is 1.15. The largest absolute Gasteiger partial charge is 0.368 e. The highest BCUT2D eigenvalue weighted by atomic mass is 32.2. The Morgan fingerprint density at radius 2 is 1.96 bits per heavy atom. The molecule has 9 heteroatoms. The lowest BCUT2D eigenvalue weighted by Gasteiger charge is -2.22. The van der Waals surface area contributed by atoms with Gasteiger partial charge in [-0.1, -0.05) is 18.2 Å². The standard InChI is InChI=1S/C18H19F2N3O3S/c19-14-6-2-8-16(17(14)20)27(25,26)22-13-5-1-4-12(10-13)11-23-9-3-7-15(23)18(21)24/h1-2,4-6,8,10,15,22H,3,7,9,11H2,(H2,21,24)/t15-/m1/s1. The molecule has 144 valence electrons. The number of carbonyl (C=O) groups is 1. The summed E-state index contributed by atoms with van der Waals surface area (Å²) in [5.74, 6) is -3.05. The number of nitrogens with one attached hydrogen (secondary N) is 1. The zero-order valence-electron chi connectivity index (χ0n) is 14.4. The number of benzene rings is 2. The van der Waals surface area contributed by atoms with Crippen LogP contribution >= 0.6 is 0 Å². The monoisotopic (exact) mass is 395 g/mol. The Hall–Kier alpha value is -2.52. The van der Waals surface area contributed by atoms with E-state index in [1.807, 2.05) is 4.90 Å². The number of primary amides is 1. The number of likely N-dealkylation sites (tertiary alicyclic amines) is 1. The van der Waals surface area contributed by atoms with Crippen LogP contribution in [-0.2, 0) is 21.4 Å². The van der Waals surface area contributed by atoms with Crippen molar-refractivity contribution in [1.29, 1.82) is 0 Å². The summed E-state index contributed by atoms with van der Waals surface area (Å²) in [5.41, 5.74) is 6.39. The Labute approximate surface area is 156 Å². The number of hydrogen-bond acceptors (Lipinski definition) is 4. The summed E-state index contributed by atoms with van der Waals surface area (Å²) >= 11 is 0. The summed E-state index contributed by atoms with van der Waals surface area (Å²) in [6.07, 6.45) is 1.55. The van der Waals surface area contributed by atoms with Gasteiger partial charge in [0, 0.05) is 12.2 Å². The van der Waals surface area contributed by atoms with Gasteiger partial charge in [0.05, 0.1) is 6.04 Å². The van der Waals surface area contributed by atoms with E-state index in [-0.39, 0.29) is 17.6 Å². The summed E-state index contributed by atoms with van der Waals surface area (Å²) < 4.78 is 54.2. The Morgan fingerprint density at radius 1 is 1.22 bits per heavy atom. The van der Waals surface area contributed by atoms with E-state index in [0.717, 1.165) is 36.7 Å². The second-order valence-corrected chi connectivity index (χ2v) is 8.04. The molecule has 0 radical (unpaired) electrons. The maximum absolute atomic E-state index is 13.8. The quantitative estimate of drug-likeness (QED) is 0.784. The molecular formula is C18H19F2N3O3S. The van der Waals surface area contributed by atoms with Crippen molar-refractivity contribution < 1.29 is 22.0 Å². The number of carbonyl (C=O) groups excluding carboxylic acids is 1. The van der Waals surface area contributed by atoms with Crippen LogP contribution in [0.5, 0.6) is 0 Å². The van der Waals surface area contributed by atoms with Gasteiger partial charge in [-0.25, -0.2) is 17.2 Å². The number of nitrogens with zero attached hydrogens (tertiary/aromatic N) is 1. The molecule has 2 aromatic carbocycles. The molecule has 27 heavy (non-hydrogen) atoms. The Morgan fingerprint density at radius 3 is 2.70 bits per heavy atom. The van der Waals surface area contributed by atoms with Crippen LogP contribution in [0, 0.1) is 11.6 Å². The summed E-state index contributed by atoms with van der Waals surface area (Å²) in [7, 11) is -4.29. The van der Waals surface area contributed by atoms with E-state index in [2.05, 4.69) is 4.72 Å². The fourth-order valence-corrected chi connectivity index (χ4v) is 4.35. The van der Waals surface area contributed by atoms with Crippen molar-refractivity contribution in [2.75, 3.05) is 11.3 Å². The highest BCUT2D eigenvalue weighted by Crippen LogP contribution is 2.23. The third kappa shape index (κ3) is 4.25. The van der Waals surface area contributed by atoms with E-state index in [1.54, 1.807) is 18.2 Å². The first kappa shape index (κ1) is 19.2. The molecule has 2 aromatic rings. The van der Waals surface area contributed by atoms with E-state index >= 15 is 0 Å². The van der Waals surface area contributed by atoms with Gasteiger partial charge >= 0.3 is 0 Å². The SMILES string of the molecule is NC(=O)[C@H]1CCCN1Cc1cccc(NS(=O)(=O)c2cccc(F)c2F)c1. The van der Waals surface area contributed by atoms with Crippen molar-refractivity contribution >= 4 is 21.6 Å². The lowest BCUT2D eigenvalue weighted by atomic mass is 10.1. The lowest BCUT2D eigenvalue weighted by Crippen LogP contribution is -2.39. The first-order chi connectivity index (χ1) is 12.8. The molecular weight excluding hydrogens is 376 g/mol. The van der Waals surface area contributed by atoms with Gasteiger partial charge in [0.1, 0.15) is 4.90 Å². The van der Waals surface area contributed by atoms with Crippen LogP contribution in [0.25, 0.3) is 0 Å². The molecule has 0 unspecified atom stereocenters. The molecule has 0 aliphatic carbocycles. The molecule has 1 fully saturated rings. The Balaban J connectivity index is 1.79. The van der Waals surface area contributed by atoms with E-state index in [9.17, 15) is 22.0 Å². The number of sulfonamides is 1. The smallest absolute Gasteiger partial charge is 0.264 e. The molecule has 1 amide bonds. The second-order valence-electron chi connectivity index (χ2n) is 6.39. The zero-order valence-corrected chi connectivity index (χ0v) is 15.2. The zero-order chi connectivity index (χ0) is 19.6. The van der Waals surface area contributed by atoms with Crippen molar-refractivity contribution in [3.63, 3.8) is 0 Å². The predicted octanol–water partition coefficient (Wildman–Crippen LogP) is 2.22. The topological polar surface area (TPSA) is 92.5 Å². The first-order valence-corrected chi connectivity index (χ1v) is 9.85. The van der Waals surface area contributed by atoms with Crippen molar-refractivity contribution in [2.24, 2.45) is 5.73 Å². The molecule has 1 aliphatic heterocycles. The third-order valence-corrected chi connectivity index (χ3v) is 5.86. The number of rotatable bonds is 6. The van der Waals surface area contributed by atoms with E-state index < -0.39 is 26.6 Å². The maximum atomic E-state index is 13.8. The second kappa shape index (κ2) is 7.61. The van der Waals surface area contributed by atoms with Crippen LogP contribution in [0.2, 0.25) is 0 Å². The molecule has 0 aromatic heterocycles. The van der Waals surface area contributed by atoms with Crippen LogP contribution in [0.3, 0.4) is 0 Å². The molecule has 3 rings (SSSR count). The average Bonchev–Trinajstić information content (AvgIpc) is 3.05. The van der Waals surface area contributed by atoms with Crippen molar-refractivity contribution in [2.45, 2.75) is 30.3 Å². The number of hydrogen-bond donors (Lipinski definition) is 2. The van der Waals surface area contributed by atoms with Gasteiger partial charge in [0.25, 0.3) is 10.0 Å². The first-order valence-electron chi connectivity index (χ1n) is 8.37. The molecule has 1 aliphatic rings. The van der Waals surface area contributed by atoms with Gasteiger partial charge in [-0.3, -0.25) is 14.4 Å². The highest BCUT2D eigenvalue weighted by molar-refractivity contribution is 7.92.